The minimum atomic E-state index is -0.300. The summed E-state index contributed by atoms with van der Waals surface area (Å²) in [5, 5.41) is 3.10. The van der Waals surface area contributed by atoms with Gasteiger partial charge < -0.3 is 0 Å². The van der Waals surface area contributed by atoms with Crippen LogP contribution in [0.2, 0.25) is 0 Å². The average Bonchev–Trinajstić information content (AvgIpc) is 2.28. The van der Waals surface area contributed by atoms with E-state index in [0.717, 1.165) is 0 Å². The van der Waals surface area contributed by atoms with Gasteiger partial charge in [-0.1, -0.05) is 58.4 Å². The summed E-state index contributed by atoms with van der Waals surface area (Å²) in [4.78, 5) is 0. The molecule has 0 radical (unpaired) electrons. The monoisotopic (exact) mass is 226 g/mol. The molecule has 0 unspecified atom stereocenters. The first kappa shape index (κ1) is 11.2. The fourth-order valence-electron chi connectivity index (χ4n) is 1.93. The van der Waals surface area contributed by atoms with Gasteiger partial charge in [-0.05, 0) is 31.9 Å². The van der Waals surface area contributed by atoms with Crippen molar-refractivity contribution in [2.24, 2.45) is 0 Å². The lowest BCUT2D eigenvalue weighted by atomic mass is 10.1. The minimum Gasteiger partial charge on any atom is -0.0630 e. The number of rotatable bonds is 2. The molecule has 0 spiro atoms. The summed E-state index contributed by atoms with van der Waals surface area (Å²) >= 11 is 0. The van der Waals surface area contributed by atoms with Crippen molar-refractivity contribution in [1.82, 2.24) is 0 Å². The van der Waals surface area contributed by atoms with Crippen LogP contribution < -0.4 is 10.4 Å². The van der Waals surface area contributed by atoms with Crippen LogP contribution in [0, 0.1) is 20.8 Å². The van der Waals surface area contributed by atoms with E-state index in [1.807, 2.05) is 0 Å². The Morgan fingerprint density at radius 2 is 1.50 bits per heavy atom. The summed E-state index contributed by atoms with van der Waals surface area (Å²) in [6.07, 6.45) is 0. The first-order valence-electron chi connectivity index (χ1n) is 5.77. The molecule has 2 aromatic carbocycles. The molecule has 0 N–H and O–H groups in total. The van der Waals surface area contributed by atoms with Gasteiger partial charge >= 0.3 is 0 Å². The zero-order valence-electron chi connectivity index (χ0n) is 10.2. The summed E-state index contributed by atoms with van der Waals surface area (Å²) in [6, 6.07) is 15.7. The molecule has 0 atom stereocenters. The number of hydrogen-bond donors (Lipinski definition) is 0. The largest absolute Gasteiger partial charge is 0.0878 e. The van der Waals surface area contributed by atoms with E-state index in [4.69, 9.17) is 0 Å². The first-order valence-corrected chi connectivity index (χ1v) is 7.19. The van der Waals surface area contributed by atoms with Gasteiger partial charge in [0.05, 0.1) is 9.52 Å². The highest BCUT2D eigenvalue weighted by Crippen LogP contribution is 2.02. The maximum absolute atomic E-state index is 2.29. The first-order chi connectivity index (χ1) is 7.66. The SMILES string of the molecule is Cc1ccc([SiH2]c2cccc(C)c2C)cc1. The van der Waals surface area contributed by atoms with Crippen LogP contribution in [-0.2, 0) is 0 Å². The Labute approximate surface area is 100 Å². The maximum Gasteiger partial charge on any atom is 0.0878 e. The van der Waals surface area contributed by atoms with Crippen LogP contribution in [-0.4, -0.2) is 9.52 Å². The predicted octanol–water partition coefficient (Wildman–Crippen LogP) is 1.73. The lowest BCUT2D eigenvalue weighted by Crippen LogP contribution is -2.29. The Kier molecular flexibility index (Phi) is 3.25. The van der Waals surface area contributed by atoms with Gasteiger partial charge in [-0.25, -0.2) is 0 Å². The normalized spacial score (nSPS) is 11.2. The van der Waals surface area contributed by atoms with E-state index >= 15 is 0 Å². The van der Waals surface area contributed by atoms with Crippen molar-refractivity contribution in [3.8, 4) is 0 Å². The van der Waals surface area contributed by atoms with Gasteiger partial charge in [-0.3, -0.25) is 0 Å². The molecule has 0 bridgehead atoms. The third-order valence-corrected chi connectivity index (χ3v) is 5.26. The van der Waals surface area contributed by atoms with Gasteiger partial charge in [0.2, 0.25) is 0 Å². The van der Waals surface area contributed by atoms with Crippen molar-refractivity contribution in [2.45, 2.75) is 20.8 Å². The summed E-state index contributed by atoms with van der Waals surface area (Å²) in [7, 11) is -0.300. The molecule has 0 saturated carbocycles. The highest BCUT2D eigenvalue weighted by molar-refractivity contribution is 6.67. The molecular weight excluding hydrogens is 208 g/mol. The number of aryl methyl sites for hydroxylation is 2. The Morgan fingerprint density at radius 1 is 0.812 bits per heavy atom. The molecule has 0 aliphatic carbocycles. The van der Waals surface area contributed by atoms with E-state index < -0.39 is 0 Å². The molecule has 2 aromatic rings. The zero-order valence-corrected chi connectivity index (χ0v) is 11.7. The van der Waals surface area contributed by atoms with Crippen molar-refractivity contribution in [3.63, 3.8) is 0 Å². The maximum atomic E-state index is 2.29. The van der Waals surface area contributed by atoms with Crippen LogP contribution >= 0.6 is 0 Å². The Morgan fingerprint density at radius 3 is 2.19 bits per heavy atom. The summed E-state index contributed by atoms with van der Waals surface area (Å²) in [5.74, 6) is 0. The fraction of sp³-hybridized carbons (Fsp3) is 0.200. The van der Waals surface area contributed by atoms with Crippen LogP contribution in [0.4, 0.5) is 0 Å². The Balaban J connectivity index is 2.27. The predicted molar refractivity (Wildman–Crippen MR) is 74.9 cm³/mol. The van der Waals surface area contributed by atoms with E-state index in [2.05, 4.69) is 63.2 Å². The Bertz CT molecular complexity index is 483. The van der Waals surface area contributed by atoms with E-state index in [9.17, 15) is 0 Å². The minimum absolute atomic E-state index is 0.300. The van der Waals surface area contributed by atoms with Crippen molar-refractivity contribution in [1.29, 1.82) is 0 Å². The molecule has 0 fully saturated rings. The molecule has 0 aliphatic heterocycles. The Hall–Kier alpha value is -1.34. The molecule has 2 rings (SSSR count). The quantitative estimate of drug-likeness (QED) is 0.684. The molecule has 16 heavy (non-hydrogen) atoms. The van der Waals surface area contributed by atoms with Gasteiger partial charge in [-0.2, -0.15) is 0 Å². The highest BCUT2D eigenvalue weighted by atomic mass is 28.2. The number of benzene rings is 2. The zero-order chi connectivity index (χ0) is 11.5. The van der Waals surface area contributed by atoms with Gasteiger partial charge in [-0.15, -0.1) is 0 Å². The van der Waals surface area contributed by atoms with Crippen LogP contribution in [0.1, 0.15) is 16.7 Å². The topological polar surface area (TPSA) is 0 Å². The standard InChI is InChI=1S/C15H18Si/c1-11-7-9-14(10-8-11)16-15-6-4-5-12(2)13(15)3/h4-10H,16H2,1-3H3. The van der Waals surface area contributed by atoms with Crippen molar-refractivity contribution < 1.29 is 0 Å². The molecule has 0 nitrogen and oxygen atoms in total. The van der Waals surface area contributed by atoms with Crippen LogP contribution in [0.5, 0.6) is 0 Å². The second-order valence-corrected chi connectivity index (χ2v) is 6.45. The molecule has 0 aliphatic rings. The second kappa shape index (κ2) is 4.66. The van der Waals surface area contributed by atoms with E-state index in [1.165, 1.54) is 21.9 Å². The average molecular weight is 226 g/mol. The third kappa shape index (κ3) is 2.42. The van der Waals surface area contributed by atoms with Gasteiger partial charge in [0.1, 0.15) is 0 Å². The van der Waals surface area contributed by atoms with Gasteiger partial charge in [0.25, 0.3) is 0 Å². The van der Waals surface area contributed by atoms with E-state index in [-0.39, 0.29) is 9.52 Å². The van der Waals surface area contributed by atoms with Crippen LogP contribution in [0.15, 0.2) is 42.5 Å². The molecule has 0 heterocycles. The summed E-state index contributed by atoms with van der Waals surface area (Å²) in [5.41, 5.74) is 4.24. The smallest absolute Gasteiger partial charge is 0.0630 e. The molecule has 0 saturated heterocycles. The molecular formula is C15H18Si. The molecule has 0 aromatic heterocycles. The van der Waals surface area contributed by atoms with Crippen molar-refractivity contribution in [2.75, 3.05) is 0 Å². The lowest BCUT2D eigenvalue weighted by molar-refractivity contribution is 1.37. The van der Waals surface area contributed by atoms with Gasteiger partial charge in [0, 0.05) is 0 Å². The van der Waals surface area contributed by atoms with Gasteiger partial charge in [0.15, 0.2) is 0 Å². The number of hydrogen-bond acceptors (Lipinski definition) is 0. The second-order valence-electron chi connectivity index (χ2n) is 4.52. The summed E-state index contributed by atoms with van der Waals surface area (Å²) in [6.45, 7) is 6.58. The van der Waals surface area contributed by atoms with E-state index in [1.54, 1.807) is 5.19 Å². The van der Waals surface area contributed by atoms with Crippen LogP contribution in [0.25, 0.3) is 0 Å². The molecule has 82 valence electrons. The lowest BCUT2D eigenvalue weighted by Gasteiger charge is -2.08. The van der Waals surface area contributed by atoms with Crippen molar-refractivity contribution in [3.05, 3.63) is 59.2 Å². The van der Waals surface area contributed by atoms with Crippen molar-refractivity contribution >= 4 is 19.9 Å². The van der Waals surface area contributed by atoms with Crippen LogP contribution in [0.3, 0.4) is 0 Å². The highest BCUT2D eigenvalue weighted by Gasteiger charge is 2.02. The molecule has 0 amide bonds. The third-order valence-electron chi connectivity index (χ3n) is 3.23. The summed E-state index contributed by atoms with van der Waals surface area (Å²) < 4.78 is 0. The fourth-order valence-corrected chi connectivity index (χ4v) is 3.64. The molecule has 1 heteroatoms. The van der Waals surface area contributed by atoms with E-state index in [0.29, 0.717) is 0 Å².